The second-order valence-electron chi connectivity index (χ2n) is 5.73. The smallest absolute Gasteiger partial charge is 0.0520 e. The summed E-state index contributed by atoms with van der Waals surface area (Å²) in [5, 5.41) is 1.45. The molecule has 1 atom stereocenters. The summed E-state index contributed by atoms with van der Waals surface area (Å²) in [7, 11) is 0. The third-order valence-electron chi connectivity index (χ3n) is 4.80. The lowest BCUT2D eigenvalue weighted by Gasteiger charge is -2.23. The Morgan fingerprint density at radius 1 is 1.05 bits per heavy atom. The van der Waals surface area contributed by atoms with Crippen molar-refractivity contribution in [3.8, 4) is 0 Å². The lowest BCUT2D eigenvalue weighted by molar-refractivity contribution is 0.245. The summed E-state index contributed by atoms with van der Waals surface area (Å²) < 4.78 is 2.56. The molecule has 2 aliphatic heterocycles. The molecule has 2 aromatic rings. The van der Waals surface area contributed by atoms with E-state index in [0.29, 0.717) is 6.04 Å². The summed E-state index contributed by atoms with van der Waals surface area (Å²) in [6.45, 7) is 6.10. The molecule has 4 rings (SSSR count). The molecule has 0 radical (unpaired) electrons. The standard InChI is InChI=1S/C16H20N2.ClH/c1-12-13-6-2-3-7-14(13)18-11-8-15(16(12)18)17-9-4-5-10-17;/h2-3,6-7,15H,4-5,8-11H2,1H3;1H. The Balaban J connectivity index is 0.00000110. The number of rotatable bonds is 1. The highest BCUT2D eigenvalue weighted by atomic mass is 35.5. The van der Waals surface area contributed by atoms with Crippen LogP contribution in [0.15, 0.2) is 24.3 Å². The van der Waals surface area contributed by atoms with Crippen LogP contribution in [0.25, 0.3) is 10.9 Å². The normalized spacial score (nSPS) is 22.7. The number of para-hydroxylation sites is 1. The lowest BCUT2D eigenvalue weighted by Crippen LogP contribution is -2.24. The van der Waals surface area contributed by atoms with E-state index in [1.54, 1.807) is 5.69 Å². The van der Waals surface area contributed by atoms with Crippen LogP contribution in [-0.4, -0.2) is 22.6 Å². The molecule has 19 heavy (non-hydrogen) atoms. The first kappa shape index (κ1) is 13.0. The van der Waals surface area contributed by atoms with Gasteiger partial charge in [-0.25, -0.2) is 0 Å². The maximum absolute atomic E-state index is 2.70. The van der Waals surface area contributed by atoms with E-state index >= 15 is 0 Å². The molecule has 1 saturated heterocycles. The van der Waals surface area contributed by atoms with Crippen molar-refractivity contribution in [1.29, 1.82) is 0 Å². The Hall–Kier alpha value is -0.990. The molecule has 2 aliphatic rings. The molecule has 0 aliphatic carbocycles. The molecule has 2 nitrogen and oxygen atoms in total. The minimum absolute atomic E-state index is 0. The Kier molecular flexibility index (Phi) is 3.32. The van der Waals surface area contributed by atoms with Crippen molar-refractivity contribution in [2.75, 3.05) is 13.1 Å². The van der Waals surface area contributed by atoms with Crippen molar-refractivity contribution >= 4 is 23.3 Å². The minimum Gasteiger partial charge on any atom is -0.343 e. The zero-order valence-corrected chi connectivity index (χ0v) is 12.2. The lowest BCUT2D eigenvalue weighted by atomic mass is 10.1. The van der Waals surface area contributed by atoms with Crippen LogP contribution in [0, 0.1) is 6.92 Å². The average molecular weight is 277 g/mol. The summed E-state index contributed by atoms with van der Waals surface area (Å²) in [5.74, 6) is 0. The number of aromatic nitrogens is 1. The highest BCUT2D eigenvalue weighted by Crippen LogP contribution is 2.40. The molecule has 0 amide bonds. The molecule has 3 heterocycles. The topological polar surface area (TPSA) is 8.17 Å². The van der Waals surface area contributed by atoms with E-state index in [2.05, 4.69) is 40.7 Å². The third-order valence-corrected chi connectivity index (χ3v) is 4.80. The highest BCUT2D eigenvalue weighted by Gasteiger charge is 2.32. The molecule has 3 heteroatoms. The van der Waals surface area contributed by atoms with Crippen LogP contribution in [0.3, 0.4) is 0 Å². The monoisotopic (exact) mass is 276 g/mol. The number of benzene rings is 1. The van der Waals surface area contributed by atoms with E-state index in [4.69, 9.17) is 0 Å². The molecule has 0 spiro atoms. The fraction of sp³-hybridized carbons (Fsp3) is 0.500. The fourth-order valence-corrected chi connectivity index (χ4v) is 3.96. The summed E-state index contributed by atoms with van der Waals surface area (Å²) in [4.78, 5) is 2.70. The first-order valence-corrected chi connectivity index (χ1v) is 7.18. The predicted octanol–water partition coefficient (Wildman–Crippen LogP) is 3.91. The molecular formula is C16H21ClN2. The summed E-state index contributed by atoms with van der Waals surface area (Å²) in [5.41, 5.74) is 4.55. The largest absolute Gasteiger partial charge is 0.343 e. The highest BCUT2D eigenvalue weighted by molar-refractivity contribution is 5.86. The van der Waals surface area contributed by atoms with Gasteiger partial charge in [-0.1, -0.05) is 18.2 Å². The number of nitrogens with zero attached hydrogens (tertiary/aromatic N) is 2. The number of fused-ring (bicyclic) bond motifs is 3. The Morgan fingerprint density at radius 2 is 1.79 bits per heavy atom. The van der Waals surface area contributed by atoms with Gasteiger partial charge in [-0.2, -0.15) is 0 Å². The van der Waals surface area contributed by atoms with Gasteiger partial charge in [0, 0.05) is 23.1 Å². The Bertz CT molecular complexity index is 596. The van der Waals surface area contributed by atoms with Crippen LogP contribution in [0.1, 0.15) is 36.6 Å². The van der Waals surface area contributed by atoms with Crippen molar-refractivity contribution in [3.63, 3.8) is 0 Å². The molecule has 0 N–H and O–H groups in total. The Labute approximate surface area is 120 Å². The van der Waals surface area contributed by atoms with Gasteiger partial charge in [0.25, 0.3) is 0 Å². The van der Waals surface area contributed by atoms with E-state index in [-0.39, 0.29) is 12.4 Å². The van der Waals surface area contributed by atoms with Gasteiger partial charge in [-0.05, 0) is 50.9 Å². The van der Waals surface area contributed by atoms with Crippen LogP contribution in [0.4, 0.5) is 0 Å². The minimum atomic E-state index is 0. The zero-order valence-electron chi connectivity index (χ0n) is 11.4. The van der Waals surface area contributed by atoms with Crippen LogP contribution < -0.4 is 0 Å². The first-order chi connectivity index (χ1) is 8.86. The molecule has 1 aromatic heterocycles. The zero-order chi connectivity index (χ0) is 12.1. The van der Waals surface area contributed by atoms with Crippen molar-refractivity contribution in [1.82, 2.24) is 9.47 Å². The second kappa shape index (κ2) is 4.84. The van der Waals surface area contributed by atoms with Gasteiger partial charge < -0.3 is 4.57 Å². The first-order valence-electron chi connectivity index (χ1n) is 7.18. The van der Waals surface area contributed by atoms with Gasteiger partial charge >= 0.3 is 0 Å². The molecular weight excluding hydrogens is 256 g/mol. The van der Waals surface area contributed by atoms with Crippen molar-refractivity contribution in [3.05, 3.63) is 35.5 Å². The molecule has 1 aromatic carbocycles. The van der Waals surface area contributed by atoms with Crippen LogP contribution >= 0.6 is 12.4 Å². The van der Waals surface area contributed by atoms with Crippen molar-refractivity contribution in [2.45, 2.75) is 38.8 Å². The van der Waals surface area contributed by atoms with Crippen LogP contribution in [0.5, 0.6) is 0 Å². The Morgan fingerprint density at radius 3 is 2.58 bits per heavy atom. The molecule has 0 saturated carbocycles. The van der Waals surface area contributed by atoms with E-state index in [0.717, 1.165) is 0 Å². The third kappa shape index (κ3) is 1.81. The number of hydrogen-bond acceptors (Lipinski definition) is 1. The summed E-state index contributed by atoms with van der Waals surface area (Å²) in [6, 6.07) is 9.56. The maximum atomic E-state index is 2.70. The number of aryl methyl sites for hydroxylation is 2. The van der Waals surface area contributed by atoms with E-state index in [1.165, 1.54) is 55.4 Å². The SMILES string of the molecule is Cc1c2n(c3ccccc13)CCC2N1CCCC1.Cl. The quantitative estimate of drug-likeness (QED) is 0.767. The van der Waals surface area contributed by atoms with Crippen molar-refractivity contribution in [2.24, 2.45) is 0 Å². The summed E-state index contributed by atoms with van der Waals surface area (Å²) in [6.07, 6.45) is 4.08. The van der Waals surface area contributed by atoms with Gasteiger partial charge in [0.05, 0.1) is 6.04 Å². The molecule has 0 bridgehead atoms. The van der Waals surface area contributed by atoms with Crippen LogP contribution in [-0.2, 0) is 6.54 Å². The van der Waals surface area contributed by atoms with Gasteiger partial charge in [0.1, 0.15) is 0 Å². The molecule has 1 fully saturated rings. The number of likely N-dealkylation sites (tertiary alicyclic amines) is 1. The second-order valence-corrected chi connectivity index (χ2v) is 5.73. The molecule has 102 valence electrons. The average Bonchev–Trinajstić information content (AvgIpc) is 3.09. The maximum Gasteiger partial charge on any atom is 0.0520 e. The van der Waals surface area contributed by atoms with E-state index in [9.17, 15) is 0 Å². The van der Waals surface area contributed by atoms with Gasteiger partial charge in [-0.15, -0.1) is 12.4 Å². The fourth-order valence-electron chi connectivity index (χ4n) is 3.96. The van der Waals surface area contributed by atoms with Gasteiger partial charge in [0.2, 0.25) is 0 Å². The summed E-state index contributed by atoms with van der Waals surface area (Å²) >= 11 is 0. The predicted molar refractivity (Wildman–Crippen MR) is 82.1 cm³/mol. The van der Waals surface area contributed by atoms with Gasteiger partial charge in [-0.3, -0.25) is 4.90 Å². The number of hydrogen-bond donors (Lipinski definition) is 0. The van der Waals surface area contributed by atoms with E-state index in [1.807, 2.05) is 0 Å². The van der Waals surface area contributed by atoms with E-state index < -0.39 is 0 Å². The van der Waals surface area contributed by atoms with Gasteiger partial charge in [0.15, 0.2) is 0 Å². The number of halogens is 1. The van der Waals surface area contributed by atoms with Crippen LogP contribution in [0.2, 0.25) is 0 Å². The molecule has 1 unspecified atom stereocenters. The van der Waals surface area contributed by atoms with Crippen molar-refractivity contribution < 1.29 is 0 Å².